The van der Waals surface area contributed by atoms with Gasteiger partial charge in [0.2, 0.25) is 18.0 Å². The summed E-state index contributed by atoms with van der Waals surface area (Å²) in [6.07, 6.45) is 0.636. The molecular weight excluding hydrogens is 540 g/mol. The Morgan fingerprint density at radius 3 is 2.33 bits per heavy atom. The molecule has 9 nitrogen and oxygen atoms in total. The number of pyridine rings is 1. The lowest BCUT2D eigenvalue weighted by Gasteiger charge is -2.28. The van der Waals surface area contributed by atoms with Gasteiger partial charge in [-0.05, 0) is 75.7 Å². The van der Waals surface area contributed by atoms with E-state index < -0.39 is 18.1 Å². The number of carbonyl (C=O) groups is 3. The minimum atomic E-state index is -1.20. The minimum absolute atomic E-state index is 0.161. The molecule has 43 heavy (non-hydrogen) atoms. The van der Waals surface area contributed by atoms with E-state index in [1.165, 1.54) is 0 Å². The number of likely N-dealkylation sites (N-methyl/N-ethyl adjacent to an activating group) is 1. The van der Waals surface area contributed by atoms with Crippen LogP contribution in [-0.2, 0) is 20.8 Å². The number of rotatable bonds is 11. The Morgan fingerprint density at radius 2 is 1.67 bits per heavy atom. The average Bonchev–Trinajstić information content (AvgIpc) is 3.10. The van der Waals surface area contributed by atoms with E-state index in [2.05, 4.69) is 34.4 Å². The summed E-state index contributed by atoms with van der Waals surface area (Å²) in [6, 6.07) is 16.3. The molecule has 4 rings (SSSR count). The van der Waals surface area contributed by atoms with Crippen LogP contribution in [0.2, 0.25) is 0 Å². The summed E-state index contributed by atoms with van der Waals surface area (Å²) in [6.45, 7) is 14.6. The van der Waals surface area contributed by atoms with Crippen LogP contribution < -0.4 is 15.5 Å². The van der Waals surface area contributed by atoms with Gasteiger partial charge in [0.1, 0.15) is 6.04 Å². The van der Waals surface area contributed by atoms with Crippen molar-refractivity contribution in [1.82, 2.24) is 20.5 Å². The first-order valence-electron chi connectivity index (χ1n) is 14.9. The number of fused-ring (bicyclic) bond motifs is 1. The van der Waals surface area contributed by atoms with Gasteiger partial charge in [-0.2, -0.15) is 0 Å². The third-order valence-corrected chi connectivity index (χ3v) is 7.88. The van der Waals surface area contributed by atoms with E-state index in [0.29, 0.717) is 30.2 Å². The number of nitrogens with zero attached hydrogens (tertiary/aromatic N) is 4. The van der Waals surface area contributed by atoms with Crippen molar-refractivity contribution in [2.24, 2.45) is 4.99 Å². The van der Waals surface area contributed by atoms with Gasteiger partial charge in [0, 0.05) is 24.8 Å². The number of hydrogen-bond donors (Lipinski definition) is 2. The highest BCUT2D eigenvalue weighted by Crippen LogP contribution is 2.28. The van der Waals surface area contributed by atoms with E-state index in [1.807, 2.05) is 75.4 Å². The van der Waals surface area contributed by atoms with Crippen LogP contribution in [0.3, 0.4) is 0 Å². The second-order valence-electron chi connectivity index (χ2n) is 11.0. The molecule has 9 heteroatoms. The zero-order valence-electron chi connectivity index (χ0n) is 26.0. The van der Waals surface area contributed by atoms with Gasteiger partial charge in [-0.25, -0.2) is 4.99 Å². The number of nitrogens with one attached hydrogen (secondary N) is 2. The SMILES string of the molecule is CCN(CC)CCN1C(=O)C(NC(=O)[C@H](C)NC(=O)Cc2c(C)cc(C)cc2C)N=C(c2ccccn2)c2ccccc21. The number of aromatic nitrogens is 1. The summed E-state index contributed by atoms with van der Waals surface area (Å²) in [5.74, 6) is -1.11. The second kappa shape index (κ2) is 14.2. The number of anilines is 1. The molecule has 2 heterocycles. The Labute approximate surface area is 254 Å². The molecule has 2 N–H and O–H groups in total. The molecule has 226 valence electrons. The van der Waals surface area contributed by atoms with Gasteiger partial charge in [0.25, 0.3) is 5.91 Å². The lowest BCUT2D eigenvalue weighted by molar-refractivity contribution is -0.130. The Kier molecular flexibility index (Phi) is 10.4. The minimum Gasteiger partial charge on any atom is -0.344 e. The lowest BCUT2D eigenvalue weighted by Crippen LogP contribution is -2.53. The molecule has 0 bridgehead atoms. The number of benzodiazepines with no additional fused rings is 1. The van der Waals surface area contributed by atoms with E-state index in [4.69, 9.17) is 4.99 Å². The summed E-state index contributed by atoms with van der Waals surface area (Å²) in [7, 11) is 0. The summed E-state index contributed by atoms with van der Waals surface area (Å²) < 4.78 is 0. The fourth-order valence-electron chi connectivity index (χ4n) is 5.51. The summed E-state index contributed by atoms with van der Waals surface area (Å²) in [5, 5.41) is 5.61. The van der Waals surface area contributed by atoms with Crippen molar-refractivity contribution in [3.05, 3.63) is 94.3 Å². The predicted molar refractivity (Wildman–Crippen MR) is 170 cm³/mol. The topological polar surface area (TPSA) is 107 Å². The zero-order chi connectivity index (χ0) is 31.1. The molecule has 1 unspecified atom stereocenters. The van der Waals surface area contributed by atoms with Crippen LogP contribution in [-0.4, -0.2) is 71.7 Å². The maximum Gasteiger partial charge on any atom is 0.272 e. The van der Waals surface area contributed by atoms with Crippen LogP contribution in [0.1, 0.15) is 54.3 Å². The quantitative estimate of drug-likeness (QED) is 0.359. The number of amides is 3. The van der Waals surface area contributed by atoms with Gasteiger partial charge in [-0.15, -0.1) is 0 Å². The highest BCUT2D eigenvalue weighted by Gasteiger charge is 2.34. The molecular formula is C34H42N6O3. The van der Waals surface area contributed by atoms with Crippen LogP contribution in [0.5, 0.6) is 0 Å². The van der Waals surface area contributed by atoms with E-state index in [1.54, 1.807) is 18.0 Å². The normalized spacial score (nSPS) is 15.4. The maximum atomic E-state index is 14.1. The fourth-order valence-corrected chi connectivity index (χ4v) is 5.51. The van der Waals surface area contributed by atoms with Gasteiger partial charge in [0.15, 0.2) is 0 Å². The van der Waals surface area contributed by atoms with Gasteiger partial charge in [-0.3, -0.25) is 19.4 Å². The van der Waals surface area contributed by atoms with E-state index in [-0.39, 0.29) is 18.2 Å². The highest BCUT2D eigenvalue weighted by atomic mass is 16.2. The number of aryl methyl sites for hydroxylation is 3. The van der Waals surface area contributed by atoms with Crippen molar-refractivity contribution in [3.8, 4) is 0 Å². The summed E-state index contributed by atoms with van der Waals surface area (Å²) in [4.78, 5) is 53.7. The number of aliphatic imine (C=N–C) groups is 1. The van der Waals surface area contributed by atoms with Crippen LogP contribution in [0.15, 0.2) is 65.8 Å². The van der Waals surface area contributed by atoms with E-state index in [9.17, 15) is 14.4 Å². The molecule has 2 atom stereocenters. The Morgan fingerprint density at radius 1 is 1.00 bits per heavy atom. The molecule has 3 aromatic rings. The third-order valence-electron chi connectivity index (χ3n) is 7.88. The smallest absolute Gasteiger partial charge is 0.272 e. The van der Waals surface area contributed by atoms with Crippen LogP contribution in [0.25, 0.3) is 0 Å². The molecule has 1 aromatic heterocycles. The summed E-state index contributed by atoms with van der Waals surface area (Å²) >= 11 is 0. The van der Waals surface area contributed by atoms with Gasteiger partial charge < -0.3 is 20.4 Å². The third kappa shape index (κ3) is 7.53. The van der Waals surface area contributed by atoms with E-state index in [0.717, 1.165) is 40.9 Å². The zero-order valence-corrected chi connectivity index (χ0v) is 26.0. The van der Waals surface area contributed by atoms with Crippen LogP contribution in [0.4, 0.5) is 5.69 Å². The first kappa shape index (κ1) is 31.6. The van der Waals surface area contributed by atoms with Crippen LogP contribution in [0, 0.1) is 20.8 Å². The van der Waals surface area contributed by atoms with Crippen molar-refractivity contribution >= 4 is 29.1 Å². The van der Waals surface area contributed by atoms with Gasteiger partial charge >= 0.3 is 0 Å². The van der Waals surface area contributed by atoms with Gasteiger partial charge in [0.05, 0.1) is 23.5 Å². The Hall–Kier alpha value is -4.37. The number of hydrogen-bond acceptors (Lipinski definition) is 6. The first-order chi connectivity index (χ1) is 20.6. The first-order valence-corrected chi connectivity index (χ1v) is 14.9. The predicted octanol–water partition coefficient (Wildman–Crippen LogP) is 3.72. The maximum absolute atomic E-state index is 14.1. The average molecular weight is 583 g/mol. The van der Waals surface area contributed by atoms with Crippen molar-refractivity contribution in [1.29, 1.82) is 0 Å². The second-order valence-corrected chi connectivity index (χ2v) is 11.0. The molecule has 3 amide bonds. The Balaban J connectivity index is 1.60. The lowest BCUT2D eigenvalue weighted by atomic mass is 9.97. The van der Waals surface area contributed by atoms with Crippen molar-refractivity contribution in [2.75, 3.05) is 31.1 Å². The Bertz CT molecular complexity index is 1480. The molecule has 0 radical (unpaired) electrons. The molecule has 0 aliphatic carbocycles. The number of carbonyl (C=O) groups excluding carboxylic acids is 3. The molecule has 1 aliphatic heterocycles. The molecule has 0 spiro atoms. The fraction of sp³-hybridized carbons (Fsp3) is 0.382. The number of benzene rings is 2. The largest absolute Gasteiger partial charge is 0.344 e. The molecule has 0 fully saturated rings. The number of para-hydroxylation sites is 1. The summed E-state index contributed by atoms with van der Waals surface area (Å²) in [5.41, 5.74) is 6.74. The molecule has 1 aliphatic rings. The van der Waals surface area contributed by atoms with Crippen molar-refractivity contribution in [3.63, 3.8) is 0 Å². The molecule has 0 saturated carbocycles. The monoisotopic (exact) mass is 582 g/mol. The van der Waals surface area contributed by atoms with E-state index >= 15 is 0 Å². The van der Waals surface area contributed by atoms with Gasteiger partial charge in [-0.1, -0.05) is 55.8 Å². The molecule has 2 aromatic carbocycles. The van der Waals surface area contributed by atoms with Crippen LogP contribution >= 0.6 is 0 Å². The highest BCUT2D eigenvalue weighted by molar-refractivity contribution is 6.19. The van der Waals surface area contributed by atoms with Crippen molar-refractivity contribution in [2.45, 2.75) is 60.2 Å². The molecule has 0 saturated heterocycles. The standard InChI is InChI=1S/C34H42N6O3/c1-7-39(8-2)17-18-40-29-15-10-9-13-26(29)31(28-14-11-12-16-35-28)37-32(34(40)43)38-33(42)25(6)36-30(41)21-27-23(4)19-22(3)20-24(27)5/h9-16,19-20,25,32H,7-8,17-18,21H2,1-6H3,(H,36,41)(H,38,42)/t25-,32?/m0/s1. The van der Waals surface area contributed by atoms with Crippen molar-refractivity contribution < 1.29 is 14.4 Å².